The number of hydrogen-bond donors (Lipinski definition) is 1. The largest absolute Gasteiger partial charge is 0.378 e. The third-order valence-electron chi connectivity index (χ3n) is 5.33. The molecule has 1 N–H and O–H groups in total. The molecule has 1 heterocycles. The first-order valence-corrected chi connectivity index (χ1v) is 12.4. The second-order valence-corrected chi connectivity index (χ2v) is 9.97. The lowest BCUT2D eigenvalue weighted by Crippen LogP contribution is -2.22. The van der Waals surface area contributed by atoms with Crippen molar-refractivity contribution in [1.29, 1.82) is 5.26 Å². The van der Waals surface area contributed by atoms with E-state index >= 15 is 0 Å². The summed E-state index contributed by atoms with van der Waals surface area (Å²) in [5.41, 5.74) is 0.882. The molecule has 1 fully saturated rings. The van der Waals surface area contributed by atoms with Crippen LogP contribution in [-0.2, 0) is 10.4 Å². The van der Waals surface area contributed by atoms with Crippen molar-refractivity contribution in [3.63, 3.8) is 0 Å². The van der Waals surface area contributed by atoms with Crippen molar-refractivity contribution in [2.75, 3.05) is 20.1 Å². The van der Waals surface area contributed by atoms with Crippen LogP contribution in [-0.4, -0.2) is 36.4 Å². The van der Waals surface area contributed by atoms with Crippen LogP contribution in [0.3, 0.4) is 0 Å². The number of halogens is 1. The van der Waals surface area contributed by atoms with Gasteiger partial charge in [-0.25, -0.2) is 0 Å². The van der Waals surface area contributed by atoms with E-state index in [0.29, 0.717) is 22.4 Å². The van der Waals surface area contributed by atoms with Crippen LogP contribution in [0.4, 0.5) is 0 Å². The van der Waals surface area contributed by atoms with Gasteiger partial charge in [-0.05, 0) is 69.0 Å². The van der Waals surface area contributed by atoms with E-state index in [2.05, 4.69) is 39.6 Å². The molecule has 0 amide bonds. The molecule has 34 heavy (non-hydrogen) atoms. The predicted octanol–water partition coefficient (Wildman–Crippen LogP) is 7.01. The lowest BCUT2D eigenvalue weighted by Gasteiger charge is -2.14. The van der Waals surface area contributed by atoms with Crippen LogP contribution in [0.25, 0.3) is 0 Å². The highest BCUT2D eigenvalue weighted by Crippen LogP contribution is 2.17. The van der Waals surface area contributed by atoms with Gasteiger partial charge in [-0.1, -0.05) is 88.5 Å². The Morgan fingerprint density at radius 1 is 1.26 bits per heavy atom. The number of aldehydes is 1. The monoisotopic (exact) mass is 486 g/mol. The van der Waals surface area contributed by atoms with Crippen LogP contribution in [0.1, 0.15) is 70.6 Å². The third kappa shape index (κ3) is 14.2. The normalized spacial score (nSPS) is 16.4. The van der Waals surface area contributed by atoms with Crippen molar-refractivity contribution in [3.05, 3.63) is 70.2 Å². The van der Waals surface area contributed by atoms with Crippen LogP contribution >= 0.6 is 11.6 Å². The summed E-state index contributed by atoms with van der Waals surface area (Å²) in [6.07, 6.45) is 4.64. The first-order chi connectivity index (χ1) is 16.0. The molecule has 4 nitrogen and oxygen atoms in total. The van der Waals surface area contributed by atoms with Gasteiger partial charge in [0.15, 0.2) is 6.29 Å². The van der Waals surface area contributed by atoms with Crippen molar-refractivity contribution in [3.8, 4) is 6.07 Å². The number of hydrogen-bond acceptors (Lipinski definition) is 4. The molecule has 0 aromatic heterocycles. The Morgan fingerprint density at radius 2 is 1.88 bits per heavy atom. The molecule has 0 aliphatic carbocycles. The van der Waals surface area contributed by atoms with Gasteiger partial charge in [0.25, 0.3) is 0 Å². The fourth-order valence-electron chi connectivity index (χ4n) is 3.29. The number of rotatable bonds is 4. The quantitative estimate of drug-likeness (QED) is 0.472. The summed E-state index contributed by atoms with van der Waals surface area (Å²) in [5, 5.41) is 18.4. The first-order valence-electron chi connectivity index (χ1n) is 12.1. The van der Waals surface area contributed by atoms with Crippen molar-refractivity contribution >= 4 is 17.9 Å². The molecule has 5 heteroatoms. The molecular weight excluding hydrogens is 444 g/mol. The minimum atomic E-state index is -1.35. The number of nitrogens with zero attached hydrogens (tertiary/aromatic N) is 2. The van der Waals surface area contributed by atoms with Crippen molar-refractivity contribution in [1.82, 2.24) is 4.90 Å². The molecule has 2 atom stereocenters. The van der Waals surface area contributed by atoms with Gasteiger partial charge >= 0.3 is 0 Å². The maximum atomic E-state index is 10.4. The van der Waals surface area contributed by atoms with Crippen LogP contribution in [0.2, 0.25) is 5.02 Å². The van der Waals surface area contributed by atoms with Gasteiger partial charge in [-0.2, -0.15) is 5.26 Å². The molecule has 0 saturated carbocycles. The van der Waals surface area contributed by atoms with Crippen LogP contribution < -0.4 is 0 Å². The highest BCUT2D eigenvalue weighted by molar-refractivity contribution is 6.31. The zero-order valence-corrected chi connectivity index (χ0v) is 22.8. The Balaban J connectivity index is 0.000000440. The number of benzene rings is 2. The van der Waals surface area contributed by atoms with Gasteiger partial charge in [-0.3, -0.25) is 4.79 Å². The predicted molar refractivity (Wildman–Crippen MR) is 144 cm³/mol. The smallest absolute Gasteiger partial charge is 0.155 e. The van der Waals surface area contributed by atoms with Crippen molar-refractivity contribution in [2.45, 2.75) is 66.4 Å². The van der Waals surface area contributed by atoms with E-state index in [1.54, 1.807) is 36.4 Å². The molecule has 0 bridgehead atoms. The van der Waals surface area contributed by atoms with E-state index in [-0.39, 0.29) is 0 Å². The van der Waals surface area contributed by atoms with E-state index in [9.17, 15) is 9.90 Å². The van der Waals surface area contributed by atoms with E-state index in [0.717, 1.165) is 17.4 Å². The van der Waals surface area contributed by atoms with Gasteiger partial charge in [0.2, 0.25) is 0 Å². The Morgan fingerprint density at radius 3 is 2.21 bits per heavy atom. The summed E-state index contributed by atoms with van der Waals surface area (Å²) < 4.78 is 0. The van der Waals surface area contributed by atoms with Crippen LogP contribution in [0.5, 0.6) is 0 Å². The molecule has 188 valence electrons. The van der Waals surface area contributed by atoms with Gasteiger partial charge in [0, 0.05) is 6.54 Å². The summed E-state index contributed by atoms with van der Waals surface area (Å²) >= 11 is 5.71. The average molecular weight is 487 g/mol. The van der Waals surface area contributed by atoms with Gasteiger partial charge in [0.05, 0.1) is 10.6 Å². The fraction of sp³-hybridized carbons (Fsp3) is 0.517. The first kappa shape index (κ1) is 31.8. The maximum Gasteiger partial charge on any atom is 0.155 e. The number of aryl methyl sites for hydroxylation is 1. The second kappa shape index (κ2) is 17.3. The van der Waals surface area contributed by atoms with E-state index in [1.807, 2.05) is 25.1 Å². The van der Waals surface area contributed by atoms with E-state index in [4.69, 9.17) is 16.9 Å². The number of likely N-dealkylation sites (tertiary alicyclic amines) is 1. The third-order valence-corrected chi connectivity index (χ3v) is 5.64. The molecule has 1 aliphatic heterocycles. The lowest BCUT2D eigenvalue weighted by molar-refractivity contribution is -0.123. The van der Waals surface area contributed by atoms with Gasteiger partial charge in [0.1, 0.15) is 11.7 Å². The number of aliphatic hydroxyl groups is 1. The van der Waals surface area contributed by atoms with Gasteiger partial charge in [-0.15, -0.1) is 0 Å². The maximum absolute atomic E-state index is 10.4. The molecule has 0 spiro atoms. The second-order valence-electron chi connectivity index (χ2n) is 9.57. The minimum absolute atomic E-state index is 0.530. The zero-order chi connectivity index (χ0) is 26.1. The summed E-state index contributed by atoms with van der Waals surface area (Å²) in [4.78, 5) is 12.8. The highest BCUT2D eigenvalue weighted by Gasteiger charge is 2.20. The molecular formula is C29H43ClN2O2. The topological polar surface area (TPSA) is 64.3 Å². The Labute approximate surface area is 212 Å². The highest BCUT2D eigenvalue weighted by atomic mass is 35.5. The van der Waals surface area contributed by atoms with Crippen LogP contribution in [0.15, 0.2) is 48.5 Å². The molecule has 2 aromatic rings. The lowest BCUT2D eigenvalue weighted by atomic mass is 9.98. The van der Waals surface area contributed by atoms with Crippen LogP contribution in [0, 0.1) is 30.1 Å². The average Bonchev–Trinajstić information content (AvgIpc) is 3.18. The minimum Gasteiger partial charge on any atom is -0.378 e. The molecule has 0 radical (unpaired) electrons. The number of nitriles is 1. The standard InChI is InChI=1S/C9H10O2.C8H6ClN.C6H13N.C6H14/c1-9(11,7-10)8-5-3-2-4-6-8;1-6-2-3-7(5-10)8(9)4-6;1-6-3-4-7(2)5-6;1-4-5-6(2)3/h2-7,11H,1H3;2-4H,1H3;6H,3-5H2,1-2H3;6H,4-5H2,1-3H3. The SMILES string of the molecule is CC(O)(C=O)c1ccccc1.CC1CCN(C)C1.CCCC(C)C.Cc1ccc(C#N)c(Cl)c1. The summed E-state index contributed by atoms with van der Waals surface area (Å²) in [6.45, 7) is 15.1. The van der Waals surface area contributed by atoms with Crippen molar-refractivity contribution in [2.24, 2.45) is 11.8 Å². The molecule has 2 unspecified atom stereocenters. The zero-order valence-electron chi connectivity index (χ0n) is 22.0. The Hall–Kier alpha value is -2.19. The molecule has 2 aromatic carbocycles. The molecule has 1 saturated heterocycles. The molecule has 3 rings (SSSR count). The van der Waals surface area contributed by atoms with Crippen molar-refractivity contribution < 1.29 is 9.90 Å². The summed E-state index contributed by atoms with van der Waals surface area (Å²) in [7, 11) is 2.18. The summed E-state index contributed by atoms with van der Waals surface area (Å²) in [5.74, 6) is 1.85. The molecule has 1 aliphatic rings. The van der Waals surface area contributed by atoms with E-state index < -0.39 is 5.60 Å². The summed E-state index contributed by atoms with van der Waals surface area (Å²) in [6, 6.07) is 16.2. The Kier molecular flexibility index (Phi) is 16.2. The fourth-order valence-corrected chi connectivity index (χ4v) is 3.56. The number of carbonyl (C=O) groups is 1. The number of carbonyl (C=O) groups excluding carboxylic acids is 1. The van der Waals surface area contributed by atoms with E-state index in [1.165, 1.54) is 39.3 Å². The van der Waals surface area contributed by atoms with Gasteiger partial charge < -0.3 is 10.0 Å². The Bertz CT molecular complexity index is 852.